The first-order chi connectivity index (χ1) is 9.20. The van der Waals surface area contributed by atoms with Gasteiger partial charge in [-0.05, 0) is 25.0 Å². The predicted octanol–water partition coefficient (Wildman–Crippen LogP) is 1.34. The fourth-order valence-electron chi connectivity index (χ4n) is 3.02. The molecule has 3 rings (SSSR count). The maximum absolute atomic E-state index is 12.4. The molecule has 1 aliphatic heterocycles. The van der Waals surface area contributed by atoms with E-state index >= 15 is 0 Å². The van der Waals surface area contributed by atoms with Crippen molar-refractivity contribution in [3.63, 3.8) is 0 Å². The normalized spacial score (nSPS) is 27.3. The largest absolute Gasteiger partial charge is 0.326 e. The molecule has 19 heavy (non-hydrogen) atoms. The van der Waals surface area contributed by atoms with Gasteiger partial charge in [0, 0.05) is 12.2 Å². The minimum absolute atomic E-state index is 0.121. The highest BCUT2D eigenvalue weighted by atomic mass is 16.2. The summed E-state index contributed by atoms with van der Waals surface area (Å²) in [6.07, 6.45) is 6.41. The van der Waals surface area contributed by atoms with Crippen LogP contribution in [0, 0.1) is 0 Å². The minimum Gasteiger partial charge on any atom is -0.326 e. The van der Waals surface area contributed by atoms with Crippen LogP contribution in [0.1, 0.15) is 53.0 Å². The van der Waals surface area contributed by atoms with Gasteiger partial charge in [0.1, 0.15) is 5.69 Å². The summed E-state index contributed by atoms with van der Waals surface area (Å²) in [6.45, 7) is 0. The highest BCUT2D eigenvalue weighted by molar-refractivity contribution is 6.20. The van der Waals surface area contributed by atoms with Gasteiger partial charge in [0.15, 0.2) is 0 Å². The molecule has 0 aromatic carbocycles. The first-order valence-electron chi connectivity index (χ1n) is 6.78. The first-order valence-corrected chi connectivity index (χ1v) is 6.78. The average Bonchev–Trinajstić information content (AvgIpc) is 2.57. The summed E-state index contributed by atoms with van der Waals surface area (Å²) in [5.74, 6) is -0.529. The van der Waals surface area contributed by atoms with Crippen LogP contribution in [0.25, 0.3) is 0 Å². The number of pyridine rings is 1. The van der Waals surface area contributed by atoms with Crippen molar-refractivity contribution in [2.45, 2.75) is 44.2 Å². The number of hydrogen-bond donors (Lipinski definition) is 1. The van der Waals surface area contributed by atoms with Crippen LogP contribution in [-0.2, 0) is 0 Å². The Bertz CT molecular complexity index is 494. The van der Waals surface area contributed by atoms with Gasteiger partial charge in [-0.3, -0.25) is 19.5 Å². The Kier molecular flexibility index (Phi) is 3.06. The van der Waals surface area contributed by atoms with Crippen LogP contribution in [0.3, 0.4) is 0 Å². The highest BCUT2D eigenvalue weighted by Crippen LogP contribution is 2.28. The molecule has 1 aromatic heterocycles. The van der Waals surface area contributed by atoms with Gasteiger partial charge in [-0.2, -0.15) is 0 Å². The third-order valence-electron chi connectivity index (χ3n) is 4.04. The Hall–Kier alpha value is -1.75. The number of fused-ring (bicyclic) bond motifs is 1. The van der Waals surface area contributed by atoms with E-state index in [1.807, 2.05) is 0 Å². The molecule has 2 atom stereocenters. The zero-order chi connectivity index (χ0) is 13.4. The van der Waals surface area contributed by atoms with Gasteiger partial charge in [-0.15, -0.1) is 0 Å². The predicted molar refractivity (Wildman–Crippen MR) is 69.6 cm³/mol. The van der Waals surface area contributed by atoms with E-state index in [9.17, 15) is 9.59 Å². The Morgan fingerprint density at radius 1 is 1.16 bits per heavy atom. The van der Waals surface area contributed by atoms with Crippen LogP contribution in [0.5, 0.6) is 0 Å². The quantitative estimate of drug-likeness (QED) is 0.610. The van der Waals surface area contributed by atoms with Crippen LogP contribution in [-0.4, -0.2) is 33.8 Å². The first kappa shape index (κ1) is 12.3. The molecule has 0 radical (unpaired) electrons. The molecule has 5 heteroatoms. The Balaban J connectivity index is 1.94. The lowest BCUT2D eigenvalue weighted by Gasteiger charge is -2.29. The maximum Gasteiger partial charge on any atom is 0.280 e. The number of imide groups is 1. The molecule has 2 unspecified atom stereocenters. The minimum atomic E-state index is -0.289. The number of rotatable bonds is 1. The van der Waals surface area contributed by atoms with E-state index in [2.05, 4.69) is 4.98 Å². The van der Waals surface area contributed by atoms with E-state index in [4.69, 9.17) is 5.73 Å². The monoisotopic (exact) mass is 259 g/mol. The van der Waals surface area contributed by atoms with Crippen molar-refractivity contribution >= 4 is 11.8 Å². The fourth-order valence-corrected chi connectivity index (χ4v) is 3.02. The van der Waals surface area contributed by atoms with Crippen molar-refractivity contribution in [3.8, 4) is 0 Å². The molecule has 1 fully saturated rings. The zero-order valence-electron chi connectivity index (χ0n) is 10.7. The molecule has 2 heterocycles. The SMILES string of the molecule is NC1CCCCCC1N1C(=O)c2cccnc2C1=O. The number of hydrogen-bond acceptors (Lipinski definition) is 4. The summed E-state index contributed by atoms with van der Waals surface area (Å²) in [5, 5.41) is 0. The summed E-state index contributed by atoms with van der Waals surface area (Å²) in [7, 11) is 0. The molecule has 1 aliphatic carbocycles. The Labute approximate surface area is 111 Å². The summed E-state index contributed by atoms with van der Waals surface area (Å²) < 4.78 is 0. The van der Waals surface area contributed by atoms with E-state index < -0.39 is 0 Å². The molecular weight excluding hydrogens is 242 g/mol. The molecule has 0 bridgehead atoms. The smallest absolute Gasteiger partial charge is 0.280 e. The third-order valence-corrected chi connectivity index (χ3v) is 4.04. The van der Waals surface area contributed by atoms with Gasteiger partial charge in [0.2, 0.25) is 0 Å². The van der Waals surface area contributed by atoms with E-state index in [-0.39, 0.29) is 29.6 Å². The molecule has 2 amide bonds. The van der Waals surface area contributed by atoms with Crippen LogP contribution in [0.4, 0.5) is 0 Å². The van der Waals surface area contributed by atoms with Crippen LogP contribution >= 0.6 is 0 Å². The molecule has 1 saturated carbocycles. The summed E-state index contributed by atoms with van der Waals surface area (Å²) in [5.41, 5.74) is 6.83. The standard InChI is InChI=1S/C14H17N3O2/c15-10-6-2-1-3-7-11(10)17-13(18)9-5-4-8-16-12(9)14(17)19/h4-5,8,10-11H,1-3,6-7,15H2. The lowest BCUT2D eigenvalue weighted by molar-refractivity contribution is 0.0551. The van der Waals surface area contributed by atoms with E-state index in [0.717, 1.165) is 32.1 Å². The van der Waals surface area contributed by atoms with E-state index in [1.54, 1.807) is 18.3 Å². The molecule has 1 aromatic rings. The van der Waals surface area contributed by atoms with Gasteiger partial charge in [0.25, 0.3) is 11.8 Å². The van der Waals surface area contributed by atoms with Gasteiger partial charge in [-0.25, -0.2) is 0 Å². The number of carbonyl (C=O) groups is 2. The second-order valence-electron chi connectivity index (χ2n) is 5.25. The van der Waals surface area contributed by atoms with Gasteiger partial charge < -0.3 is 5.73 Å². The number of aromatic nitrogens is 1. The number of nitrogens with two attached hydrogens (primary N) is 1. The molecule has 100 valence electrons. The Morgan fingerprint density at radius 3 is 2.74 bits per heavy atom. The van der Waals surface area contributed by atoms with E-state index in [0.29, 0.717) is 5.56 Å². The second kappa shape index (κ2) is 4.74. The van der Waals surface area contributed by atoms with Crippen LogP contribution < -0.4 is 5.73 Å². The number of amides is 2. The molecule has 0 spiro atoms. The lowest BCUT2D eigenvalue weighted by Crippen LogP contribution is -2.49. The summed E-state index contributed by atoms with van der Waals surface area (Å²) in [4.78, 5) is 30.1. The molecule has 0 saturated heterocycles. The van der Waals surface area contributed by atoms with Crippen molar-refractivity contribution in [2.24, 2.45) is 5.73 Å². The molecule has 2 N–H and O–H groups in total. The van der Waals surface area contributed by atoms with Crippen molar-refractivity contribution in [1.29, 1.82) is 0 Å². The lowest BCUT2D eigenvalue weighted by atomic mass is 10.0. The van der Waals surface area contributed by atoms with Crippen molar-refractivity contribution in [1.82, 2.24) is 9.88 Å². The van der Waals surface area contributed by atoms with E-state index in [1.165, 1.54) is 4.90 Å². The highest BCUT2D eigenvalue weighted by Gasteiger charge is 2.42. The molecular formula is C14H17N3O2. The topological polar surface area (TPSA) is 76.3 Å². The summed E-state index contributed by atoms with van der Waals surface area (Å²) >= 11 is 0. The number of carbonyl (C=O) groups excluding carboxylic acids is 2. The van der Waals surface area contributed by atoms with Crippen LogP contribution in [0.15, 0.2) is 18.3 Å². The average molecular weight is 259 g/mol. The second-order valence-corrected chi connectivity index (χ2v) is 5.25. The van der Waals surface area contributed by atoms with Gasteiger partial charge >= 0.3 is 0 Å². The molecule has 5 nitrogen and oxygen atoms in total. The van der Waals surface area contributed by atoms with Gasteiger partial charge in [0.05, 0.1) is 11.6 Å². The van der Waals surface area contributed by atoms with Crippen molar-refractivity contribution < 1.29 is 9.59 Å². The van der Waals surface area contributed by atoms with Crippen molar-refractivity contribution in [2.75, 3.05) is 0 Å². The van der Waals surface area contributed by atoms with Gasteiger partial charge in [-0.1, -0.05) is 19.3 Å². The zero-order valence-corrected chi connectivity index (χ0v) is 10.7. The Morgan fingerprint density at radius 2 is 1.95 bits per heavy atom. The number of nitrogens with zero attached hydrogens (tertiary/aromatic N) is 2. The van der Waals surface area contributed by atoms with Crippen LogP contribution in [0.2, 0.25) is 0 Å². The third kappa shape index (κ3) is 1.94. The molecule has 2 aliphatic rings. The summed E-state index contributed by atoms with van der Waals surface area (Å²) in [6, 6.07) is 3.03. The maximum atomic E-state index is 12.4. The van der Waals surface area contributed by atoms with Crippen molar-refractivity contribution in [3.05, 3.63) is 29.6 Å². The fraction of sp³-hybridized carbons (Fsp3) is 0.500.